The fraction of sp³-hybridized carbons (Fsp3) is 0.481. The van der Waals surface area contributed by atoms with Gasteiger partial charge in [-0.3, -0.25) is 4.79 Å². The quantitative estimate of drug-likeness (QED) is 0.488. The van der Waals surface area contributed by atoms with Gasteiger partial charge < -0.3 is 25.6 Å². The number of carbonyl (C=O) groups is 2. The number of rotatable bonds is 5. The number of nitrogens with zero attached hydrogens (tertiary/aromatic N) is 1. The van der Waals surface area contributed by atoms with Crippen LogP contribution in [-0.2, 0) is 9.53 Å². The van der Waals surface area contributed by atoms with Crippen molar-refractivity contribution in [3.63, 3.8) is 0 Å². The molecule has 7 nitrogen and oxygen atoms in total. The third-order valence-corrected chi connectivity index (χ3v) is 8.02. The van der Waals surface area contributed by atoms with E-state index in [-0.39, 0.29) is 36.8 Å². The molecule has 5 atom stereocenters. The fourth-order valence-electron chi connectivity index (χ4n) is 6.07. The molecule has 0 bridgehead atoms. The van der Waals surface area contributed by atoms with Gasteiger partial charge in [-0.05, 0) is 48.7 Å². The average Bonchev–Trinajstić information content (AvgIpc) is 3.32. The van der Waals surface area contributed by atoms with Crippen LogP contribution in [0.2, 0.25) is 5.02 Å². The Bertz CT molecular complexity index is 1150. The van der Waals surface area contributed by atoms with Crippen molar-refractivity contribution in [3.8, 4) is 0 Å². The molecular weight excluding hydrogens is 502 g/mol. The summed E-state index contributed by atoms with van der Waals surface area (Å²) in [6, 6.07) is 12.9. The van der Waals surface area contributed by atoms with Crippen LogP contribution >= 0.6 is 11.6 Å². The number of carbonyl (C=O) groups excluding carboxylic acids is 2. The molecule has 1 aliphatic carbocycles. The lowest BCUT2D eigenvalue weighted by atomic mass is 9.80. The normalized spacial score (nSPS) is 28.0. The van der Waals surface area contributed by atoms with E-state index in [0.717, 1.165) is 17.7 Å². The van der Waals surface area contributed by atoms with E-state index >= 15 is 0 Å². The van der Waals surface area contributed by atoms with Gasteiger partial charge in [-0.25, -0.2) is 13.6 Å². The molecule has 2 aliphatic heterocycles. The molecule has 1 saturated carbocycles. The van der Waals surface area contributed by atoms with E-state index in [1.807, 2.05) is 24.3 Å². The van der Waals surface area contributed by atoms with E-state index in [2.05, 4.69) is 16.0 Å². The van der Waals surface area contributed by atoms with E-state index in [0.29, 0.717) is 23.9 Å². The van der Waals surface area contributed by atoms with Gasteiger partial charge in [0.25, 0.3) is 0 Å². The number of likely N-dealkylation sites (tertiary alicyclic amines) is 1. The molecule has 37 heavy (non-hydrogen) atoms. The number of ether oxygens (including phenoxy) is 1. The Morgan fingerprint density at radius 3 is 2.68 bits per heavy atom. The van der Waals surface area contributed by atoms with Crippen molar-refractivity contribution in [3.05, 3.63) is 59.1 Å². The molecule has 3 N–H and O–H groups in total. The molecular formula is C27H31ClF2N4O3. The molecule has 10 heteroatoms. The Balaban J connectivity index is 1.37. The van der Waals surface area contributed by atoms with Crippen LogP contribution in [0.1, 0.15) is 37.3 Å². The van der Waals surface area contributed by atoms with Crippen molar-refractivity contribution in [2.45, 2.75) is 49.7 Å². The highest BCUT2D eigenvalue weighted by Gasteiger charge is 2.51. The number of benzene rings is 2. The highest BCUT2D eigenvalue weighted by Crippen LogP contribution is 2.48. The molecule has 0 spiro atoms. The minimum absolute atomic E-state index is 0.00886. The van der Waals surface area contributed by atoms with Crippen LogP contribution in [0.15, 0.2) is 48.5 Å². The monoisotopic (exact) mass is 532 g/mol. The van der Waals surface area contributed by atoms with Crippen molar-refractivity contribution in [1.82, 2.24) is 10.2 Å². The summed E-state index contributed by atoms with van der Waals surface area (Å²) in [5, 5.41) is 9.56. The summed E-state index contributed by atoms with van der Waals surface area (Å²) in [6.45, 7) is 0.949. The first kappa shape index (κ1) is 25.7. The standard InChI is InChI=1S/C27H31ClF2N4O3/c1-37-15-23-19-11-13-34(24(19)18-4-2-3-5-21(18)32-23)25(35)20-14-27(29,30)12-10-22(20)33-26(36)31-17-8-6-16(28)7-9-17/h2-9,19-20,22-24,32H,10-15H2,1H3,(H2,31,33,36)/t19-,20+,22-,23+,24+/m1/s1. The van der Waals surface area contributed by atoms with Crippen molar-refractivity contribution < 1.29 is 23.1 Å². The number of alkyl halides is 2. The Kier molecular flexibility index (Phi) is 7.27. The maximum absolute atomic E-state index is 14.6. The van der Waals surface area contributed by atoms with Crippen LogP contribution in [0.5, 0.6) is 0 Å². The van der Waals surface area contributed by atoms with Gasteiger partial charge in [-0.15, -0.1) is 0 Å². The molecule has 198 valence electrons. The summed E-state index contributed by atoms with van der Waals surface area (Å²) < 4.78 is 34.6. The Hall–Kier alpha value is -2.91. The van der Waals surface area contributed by atoms with Crippen LogP contribution in [0.25, 0.3) is 0 Å². The minimum atomic E-state index is -2.96. The van der Waals surface area contributed by atoms with Crippen LogP contribution in [0.3, 0.4) is 0 Å². The zero-order valence-corrected chi connectivity index (χ0v) is 21.3. The highest BCUT2D eigenvalue weighted by atomic mass is 35.5. The second-order valence-electron chi connectivity index (χ2n) is 10.1. The van der Waals surface area contributed by atoms with Crippen LogP contribution in [0, 0.1) is 11.8 Å². The Labute approximate surface area is 219 Å². The first-order chi connectivity index (χ1) is 17.8. The molecule has 2 fully saturated rings. The lowest BCUT2D eigenvalue weighted by Crippen LogP contribution is -2.54. The Morgan fingerprint density at radius 1 is 1.16 bits per heavy atom. The average molecular weight is 533 g/mol. The number of hydrogen-bond donors (Lipinski definition) is 3. The number of para-hydroxylation sites is 1. The van der Waals surface area contributed by atoms with Crippen molar-refractivity contribution in [2.24, 2.45) is 11.8 Å². The first-order valence-electron chi connectivity index (χ1n) is 12.6. The molecule has 3 amide bonds. The highest BCUT2D eigenvalue weighted by molar-refractivity contribution is 6.30. The van der Waals surface area contributed by atoms with Gasteiger partial charge in [0.2, 0.25) is 11.8 Å². The zero-order chi connectivity index (χ0) is 26.2. The molecule has 2 aromatic carbocycles. The van der Waals surface area contributed by atoms with Crippen LogP contribution < -0.4 is 16.0 Å². The second kappa shape index (κ2) is 10.5. The molecule has 2 aromatic rings. The number of methoxy groups -OCH3 is 1. The molecule has 1 saturated heterocycles. The molecule has 5 rings (SSSR count). The van der Waals surface area contributed by atoms with E-state index < -0.39 is 30.3 Å². The van der Waals surface area contributed by atoms with Gasteiger partial charge in [0.15, 0.2) is 0 Å². The van der Waals surface area contributed by atoms with E-state index in [4.69, 9.17) is 16.3 Å². The zero-order valence-electron chi connectivity index (χ0n) is 20.6. The number of nitrogens with one attached hydrogen (secondary N) is 3. The number of hydrogen-bond acceptors (Lipinski definition) is 4. The second-order valence-corrected chi connectivity index (χ2v) is 10.6. The predicted molar refractivity (Wildman–Crippen MR) is 138 cm³/mol. The summed E-state index contributed by atoms with van der Waals surface area (Å²) in [7, 11) is 1.64. The first-order valence-corrected chi connectivity index (χ1v) is 13.0. The van der Waals surface area contributed by atoms with E-state index in [9.17, 15) is 18.4 Å². The van der Waals surface area contributed by atoms with Crippen molar-refractivity contribution in [2.75, 3.05) is 30.9 Å². The number of anilines is 2. The molecule has 3 aliphatic rings. The topological polar surface area (TPSA) is 82.7 Å². The SMILES string of the molecule is COC[C@@H]1Nc2ccccc2[C@H]2[C@@H]1CCN2C(=O)[C@H]1CC(F)(F)CC[C@H]1NC(=O)Nc1ccc(Cl)cc1. The largest absolute Gasteiger partial charge is 0.383 e. The molecule has 0 aromatic heterocycles. The lowest BCUT2D eigenvalue weighted by Gasteiger charge is -2.42. The van der Waals surface area contributed by atoms with Crippen LogP contribution in [0.4, 0.5) is 25.0 Å². The van der Waals surface area contributed by atoms with Crippen LogP contribution in [-0.4, -0.2) is 55.1 Å². The smallest absolute Gasteiger partial charge is 0.319 e. The molecule has 2 heterocycles. The number of urea groups is 1. The number of halogens is 3. The number of fused-ring (bicyclic) bond motifs is 3. The van der Waals surface area contributed by atoms with Crippen molar-refractivity contribution >= 4 is 34.9 Å². The fourth-order valence-corrected chi connectivity index (χ4v) is 6.20. The molecule has 0 radical (unpaired) electrons. The van der Waals surface area contributed by atoms with E-state index in [1.54, 1.807) is 36.3 Å². The van der Waals surface area contributed by atoms with Gasteiger partial charge in [0.05, 0.1) is 24.6 Å². The minimum Gasteiger partial charge on any atom is -0.383 e. The molecule has 0 unspecified atom stereocenters. The maximum Gasteiger partial charge on any atom is 0.319 e. The number of amides is 3. The van der Waals surface area contributed by atoms with Gasteiger partial charge in [-0.2, -0.15) is 0 Å². The maximum atomic E-state index is 14.6. The van der Waals surface area contributed by atoms with Gasteiger partial charge in [0, 0.05) is 54.9 Å². The van der Waals surface area contributed by atoms with Gasteiger partial charge in [0.1, 0.15) is 0 Å². The summed E-state index contributed by atoms with van der Waals surface area (Å²) in [4.78, 5) is 28.4. The summed E-state index contributed by atoms with van der Waals surface area (Å²) in [6.07, 6.45) is -0.210. The lowest BCUT2D eigenvalue weighted by molar-refractivity contribution is -0.146. The Morgan fingerprint density at radius 2 is 1.92 bits per heavy atom. The van der Waals surface area contributed by atoms with Gasteiger partial charge in [-0.1, -0.05) is 29.8 Å². The van der Waals surface area contributed by atoms with E-state index in [1.165, 1.54) is 0 Å². The van der Waals surface area contributed by atoms with Crippen molar-refractivity contribution in [1.29, 1.82) is 0 Å². The predicted octanol–water partition coefficient (Wildman–Crippen LogP) is 5.30. The van der Waals surface area contributed by atoms with Gasteiger partial charge >= 0.3 is 6.03 Å². The summed E-state index contributed by atoms with van der Waals surface area (Å²) >= 11 is 5.90. The summed E-state index contributed by atoms with van der Waals surface area (Å²) in [5.41, 5.74) is 2.43. The third kappa shape index (κ3) is 5.38. The summed E-state index contributed by atoms with van der Waals surface area (Å²) in [5.74, 6) is -4.23. The third-order valence-electron chi connectivity index (χ3n) is 7.77.